The van der Waals surface area contributed by atoms with Gasteiger partial charge in [-0.2, -0.15) is 13.2 Å². The van der Waals surface area contributed by atoms with Crippen LogP contribution in [-0.4, -0.2) is 59.5 Å². The number of aromatic nitrogens is 3. The number of ether oxygens (including phenoxy) is 1. The Kier molecular flexibility index (Phi) is 5.95. The van der Waals surface area contributed by atoms with Crippen molar-refractivity contribution in [3.63, 3.8) is 0 Å². The van der Waals surface area contributed by atoms with Gasteiger partial charge in [0.15, 0.2) is 0 Å². The van der Waals surface area contributed by atoms with Gasteiger partial charge in [0.2, 0.25) is 0 Å². The molecule has 2 atom stereocenters. The number of hydrogen-bond acceptors (Lipinski definition) is 7. The van der Waals surface area contributed by atoms with E-state index in [0.717, 1.165) is 27.5 Å². The van der Waals surface area contributed by atoms with Crippen molar-refractivity contribution in [2.24, 2.45) is 0 Å². The molecule has 0 radical (unpaired) electrons. The number of halogens is 3. The molecule has 12 heteroatoms. The molecule has 4 heterocycles. The molecule has 172 valence electrons. The fourth-order valence-electron chi connectivity index (χ4n) is 4.37. The zero-order valence-corrected chi connectivity index (χ0v) is 19.0. The third-order valence-electron chi connectivity index (χ3n) is 5.95. The quantitative estimate of drug-likeness (QED) is 0.658. The predicted molar refractivity (Wildman–Crippen MR) is 109 cm³/mol. The lowest BCUT2D eigenvalue weighted by Crippen LogP contribution is -2.50. The largest absolute Gasteiger partial charge is 0.425 e. The predicted octanol–water partition coefficient (Wildman–Crippen LogP) is 2.86. The van der Waals surface area contributed by atoms with Gasteiger partial charge in [-0.1, -0.05) is 5.21 Å². The highest BCUT2D eigenvalue weighted by molar-refractivity contribution is 7.90. The smallest absolute Gasteiger partial charge is 0.369 e. The number of rotatable bonds is 5. The maximum atomic E-state index is 13.2. The molecule has 0 N–H and O–H groups in total. The fourth-order valence-corrected chi connectivity index (χ4v) is 6.15. The Hall–Kier alpha value is -1.50. The molecular formula is C19H25F3N4O3S2. The van der Waals surface area contributed by atoms with Gasteiger partial charge in [-0.15, -0.1) is 16.4 Å². The molecule has 1 fully saturated rings. The summed E-state index contributed by atoms with van der Waals surface area (Å²) in [6.07, 6.45) is 0.327. The molecule has 0 bridgehead atoms. The summed E-state index contributed by atoms with van der Waals surface area (Å²) in [5.41, 5.74) is 0.834. The number of fused-ring (bicyclic) bond motifs is 2. The Morgan fingerprint density at radius 1 is 1.39 bits per heavy atom. The van der Waals surface area contributed by atoms with Crippen LogP contribution < -0.4 is 0 Å². The number of alkyl halides is 3. The molecule has 7 nitrogen and oxygen atoms in total. The summed E-state index contributed by atoms with van der Waals surface area (Å²) < 4.78 is 70.0. The third-order valence-corrected chi connectivity index (χ3v) is 8.28. The second-order valence-corrected chi connectivity index (χ2v) is 11.7. The summed E-state index contributed by atoms with van der Waals surface area (Å²) in [4.78, 5) is 2.39. The van der Waals surface area contributed by atoms with Crippen LogP contribution in [0.5, 0.6) is 0 Å². The monoisotopic (exact) mass is 478 g/mol. The van der Waals surface area contributed by atoms with E-state index in [2.05, 4.69) is 15.2 Å². The highest BCUT2D eigenvalue weighted by Gasteiger charge is 2.46. The van der Waals surface area contributed by atoms with Crippen molar-refractivity contribution in [1.82, 2.24) is 19.9 Å². The molecule has 2 aromatic rings. The van der Waals surface area contributed by atoms with E-state index in [4.69, 9.17) is 4.74 Å². The van der Waals surface area contributed by atoms with Crippen LogP contribution in [0.15, 0.2) is 12.3 Å². The molecular weight excluding hydrogens is 453 g/mol. The van der Waals surface area contributed by atoms with Gasteiger partial charge in [0.1, 0.15) is 20.3 Å². The van der Waals surface area contributed by atoms with Crippen LogP contribution in [0.3, 0.4) is 0 Å². The Labute approximate surface area is 183 Å². The van der Waals surface area contributed by atoms with Gasteiger partial charge in [-0.05, 0) is 37.8 Å². The van der Waals surface area contributed by atoms with E-state index in [9.17, 15) is 21.6 Å². The maximum absolute atomic E-state index is 13.2. The summed E-state index contributed by atoms with van der Waals surface area (Å²) in [6, 6.07) is 1.37. The van der Waals surface area contributed by atoms with E-state index in [1.54, 1.807) is 6.20 Å². The molecule has 2 unspecified atom stereocenters. The third kappa shape index (κ3) is 4.96. The minimum absolute atomic E-state index is 0.00115. The van der Waals surface area contributed by atoms with Crippen molar-refractivity contribution < 1.29 is 26.3 Å². The van der Waals surface area contributed by atoms with Crippen molar-refractivity contribution in [2.75, 3.05) is 25.2 Å². The zero-order chi connectivity index (χ0) is 22.4. The molecule has 0 aromatic carbocycles. The first-order valence-electron chi connectivity index (χ1n) is 10.1. The molecule has 0 amide bonds. The summed E-state index contributed by atoms with van der Waals surface area (Å²) in [7, 11) is -3.08. The zero-order valence-electron chi connectivity index (χ0n) is 17.4. The summed E-state index contributed by atoms with van der Waals surface area (Å²) in [5.74, 6) is -0.00115. The average molecular weight is 479 g/mol. The number of likely N-dealkylation sites (tertiary alicyclic amines) is 1. The minimum Gasteiger partial charge on any atom is -0.369 e. The molecule has 0 saturated carbocycles. The topological polar surface area (TPSA) is 77.3 Å². The molecule has 1 saturated heterocycles. The first kappa shape index (κ1) is 22.7. The van der Waals surface area contributed by atoms with E-state index in [1.165, 1.54) is 17.0 Å². The number of sulfone groups is 1. The maximum Gasteiger partial charge on any atom is 0.425 e. The van der Waals surface area contributed by atoms with Gasteiger partial charge in [-0.25, -0.2) is 8.42 Å². The minimum atomic E-state index is -4.33. The number of thiophene rings is 1. The van der Waals surface area contributed by atoms with Crippen LogP contribution in [0.1, 0.15) is 40.8 Å². The molecule has 0 aliphatic carbocycles. The van der Waals surface area contributed by atoms with Crippen LogP contribution >= 0.6 is 11.3 Å². The van der Waals surface area contributed by atoms with Gasteiger partial charge in [0.25, 0.3) is 0 Å². The van der Waals surface area contributed by atoms with E-state index in [0.29, 0.717) is 39.0 Å². The lowest BCUT2D eigenvalue weighted by Gasteiger charge is -2.46. The fraction of sp³-hybridized carbons (Fsp3) is 0.684. The molecule has 2 aliphatic rings. The van der Waals surface area contributed by atoms with Crippen LogP contribution in [0.4, 0.5) is 13.2 Å². The van der Waals surface area contributed by atoms with E-state index in [-0.39, 0.29) is 18.3 Å². The molecule has 2 aliphatic heterocycles. The van der Waals surface area contributed by atoms with E-state index in [1.807, 2.05) is 6.92 Å². The van der Waals surface area contributed by atoms with Gasteiger partial charge >= 0.3 is 6.18 Å². The number of hydrogen-bond donors (Lipinski definition) is 0. The standard InChI is InChI=1S/C19H25F3N4O3S2/c1-13-10-18(17-14(3-7-29-18)9-16(30-17)19(20,21)22)4-5-25(13)11-15-12-26(24-23-15)6-8-31(2,27)28/h9,12-13H,3-8,10-11H2,1-2H3. The van der Waals surface area contributed by atoms with E-state index < -0.39 is 26.5 Å². The second kappa shape index (κ2) is 8.13. The highest BCUT2D eigenvalue weighted by atomic mass is 32.2. The normalized spacial score (nSPS) is 25.1. The molecule has 31 heavy (non-hydrogen) atoms. The molecule has 4 rings (SSSR count). The van der Waals surface area contributed by atoms with Crippen LogP contribution in [0, 0.1) is 0 Å². The van der Waals surface area contributed by atoms with Crippen LogP contribution in [0.25, 0.3) is 0 Å². The SMILES string of the molecule is CC1CC2(CCN1Cc1cn(CCS(C)(=O)=O)nn1)OCCc1cc(C(F)(F)F)sc12. The number of nitrogens with zero attached hydrogens (tertiary/aromatic N) is 4. The Bertz CT molecular complexity index is 1050. The average Bonchev–Trinajstić information content (AvgIpc) is 3.29. The van der Waals surface area contributed by atoms with Gasteiger partial charge in [0, 0.05) is 36.5 Å². The van der Waals surface area contributed by atoms with E-state index >= 15 is 0 Å². The van der Waals surface area contributed by atoms with Crippen molar-refractivity contribution in [1.29, 1.82) is 0 Å². The Morgan fingerprint density at radius 2 is 2.16 bits per heavy atom. The van der Waals surface area contributed by atoms with Gasteiger partial charge < -0.3 is 4.74 Å². The highest BCUT2D eigenvalue weighted by Crippen LogP contribution is 2.49. The molecule has 2 aromatic heterocycles. The summed E-state index contributed by atoms with van der Waals surface area (Å²) in [6.45, 7) is 3.94. The number of aryl methyl sites for hydroxylation is 1. The number of piperidine rings is 1. The van der Waals surface area contributed by atoms with Crippen LogP contribution in [-0.2, 0) is 45.9 Å². The Morgan fingerprint density at radius 3 is 2.84 bits per heavy atom. The van der Waals surface area contributed by atoms with Crippen molar-refractivity contribution >= 4 is 21.2 Å². The Balaban J connectivity index is 1.44. The summed E-state index contributed by atoms with van der Waals surface area (Å²) in [5, 5.41) is 8.13. The molecule has 1 spiro atoms. The van der Waals surface area contributed by atoms with Crippen molar-refractivity contribution in [3.8, 4) is 0 Å². The first-order chi connectivity index (χ1) is 14.5. The van der Waals surface area contributed by atoms with Crippen LogP contribution in [0.2, 0.25) is 0 Å². The summed E-state index contributed by atoms with van der Waals surface area (Å²) >= 11 is 0.822. The first-order valence-corrected chi connectivity index (χ1v) is 13.0. The van der Waals surface area contributed by atoms with Gasteiger partial charge in [-0.3, -0.25) is 9.58 Å². The lowest BCUT2D eigenvalue weighted by atomic mass is 9.82. The second-order valence-electron chi connectivity index (χ2n) is 8.43. The van der Waals surface area contributed by atoms with Crippen molar-refractivity contribution in [2.45, 2.75) is 57.1 Å². The van der Waals surface area contributed by atoms with Crippen molar-refractivity contribution in [3.05, 3.63) is 33.3 Å². The van der Waals surface area contributed by atoms with Gasteiger partial charge in [0.05, 0.1) is 24.6 Å². The lowest BCUT2D eigenvalue weighted by molar-refractivity contribution is -0.134.